The van der Waals surface area contributed by atoms with Crippen molar-refractivity contribution < 1.29 is 4.52 Å². The Balaban J connectivity index is 0.00000144. The number of hydrogen-bond donors (Lipinski definition) is 1. The lowest BCUT2D eigenvalue weighted by molar-refractivity contribution is 0.150. The minimum absolute atomic E-state index is 0. The minimum atomic E-state index is 0. The van der Waals surface area contributed by atoms with Crippen molar-refractivity contribution in [2.24, 2.45) is 11.7 Å². The van der Waals surface area contributed by atoms with E-state index < -0.39 is 0 Å². The maximum absolute atomic E-state index is 5.91. The van der Waals surface area contributed by atoms with Gasteiger partial charge in [0.1, 0.15) is 0 Å². The molecule has 0 saturated carbocycles. The van der Waals surface area contributed by atoms with Gasteiger partial charge in [-0.15, -0.1) is 12.4 Å². The van der Waals surface area contributed by atoms with Gasteiger partial charge in [-0.2, -0.15) is 4.98 Å². The molecule has 1 saturated heterocycles. The van der Waals surface area contributed by atoms with E-state index in [1.807, 2.05) is 6.92 Å². The monoisotopic (exact) mass is 260 g/mol. The number of nitrogens with two attached hydrogens (primary N) is 1. The number of halogens is 1. The molecule has 1 fully saturated rings. The van der Waals surface area contributed by atoms with E-state index in [9.17, 15) is 0 Å². The highest BCUT2D eigenvalue weighted by Gasteiger charge is 2.22. The third-order valence-electron chi connectivity index (χ3n) is 3.30. The van der Waals surface area contributed by atoms with Crippen molar-refractivity contribution in [3.8, 4) is 0 Å². The summed E-state index contributed by atoms with van der Waals surface area (Å²) < 4.78 is 5.11. The molecule has 1 aliphatic rings. The van der Waals surface area contributed by atoms with Crippen LogP contribution < -0.4 is 5.73 Å². The third kappa shape index (κ3) is 3.94. The highest BCUT2D eigenvalue weighted by Crippen LogP contribution is 2.20. The van der Waals surface area contributed by atoms with Crippen molar-refractivity contribution in [1.29, 1.82) is 0 Å². The van der Waals surface area contributed by atoms with Gasteiger partial charge in [-0.1, -0.05) is 5.16 Å². The van der Waals surface area contributed by atoms with Crippen molar-refractivity contribution >= 4 is 12.4 Å². The summed E-state index contributed by atoms with van der Waals surface area (Å²) in [6.07, 6.45) is 2.34. The van der Waals surface area contributed by atoms with E-state index in [4.69, 9.17) is 10.3 Å². The molecule has 2 N–H and O–H groups in total. The molecule has 17 heavy (non-hydrogen) atoms. The van der Waals surface area contributed by atoms with Crippen LogP contribution in [-0.2, 0) is 6.54 Å². The number of aromatic nitrogens is 2. The van der Waals surface area contributed by atoms with Gasteiger partial charge in [0, 0.05) is 6.04 Å². The Morgan fingerprint density at radius 1 is 1.47 bits per heavy atom. The maximum atomic E-state index is 5.91. The lowest BCUT2D eigenvalue weighted by Crippen LogP contribution is -2.39. The Hall–Kier alpha value is -0.650. The lowest BCUT2D eigenvalue weighted by atomic mass is 9.91. The second-order valence-electron chi connectivity index (χ2n) is 4.71. The highest BCUT2D eigenvalue weighted by molar-refractivity contribution is 5.85. The summed E-state index contributed by atoms with van der Waals surface area (Å²) in [7, 11) is 0. The van der Waals surface area contributed by atoms with Crippen molar-refractivity contribution in [3.63, 3.8) is 0 Å². The summed E-state index contributed by atoms with van der Waals surface area (Å²) in [6.45, 7) is 6.87. The van der Waals surface area contributed by atoms with Crippen LogP contribution in [0.4, 0.5) is 0 Å². The average molecular weight is 261 g/mol. The number of nitrogens with zero attached hydrogens (tertiary/aromatic N) is 3. The van der Waals surface area contributed by atoms with E-state index in [1.54, 1.807) is 0 Å². The first-order valence-electron chi connectivity index (χ1n) is 5.92. The largest absolute Gasteiger partial charge is 0.338 e. The molecule has 1 aromatic rings. The number of piperidine rings is 1. The standard InChI is InChI=1S/C11H20N4O.ClH/c1-8(12)10-3-5-15(6-4-10)7-11-13-9(2)14-16-11;/h8,10H,3-7,12H2,1-2H3;1H. The Kier molecular flexibility index (Phi) is 5.36. The van der Waals surface area contributed by atoms with Crippen LogP contribution in [0.25, 0.3) is 0 Å². The SMILES string of the molecule is Cc1noc(CN2CCC(C(C)N)CC2)n1.Cl. The van der Waals surface area contributed by atoms with Gasteiger partial charge in [0.15, 0.2) is 5.82 Å². The molecule has 98 valence electrons. The normalized spacial score (nSPS) is 19.9. The van der Waals surface area contributed by atoms with E-state index in [0.717, 1.165) is 25.5 Å². The van der Waals surface area contributed by atoms with Gasteiger partial charge in [0.25, 0.3) is 0 Å². The molecule has 1 atom stereocenters. The molecule has 1 aliphatic heterocycles. The number of hydrogen-bond acceptors (Lipinski definition) is 5. The molecule has 0 amide bonds. The number of likely N-dealkylation sites (tertiary alicyclic amines) is 1. The van der Waals surface area contributed by atoms with Crippen LogP contribution in [0.1, 0.15) is 31.5 Å². The molecule has 6 heteroatoms. The van der Waals surface area contributed by atoms with Gasteiger partial charge in [0.2, 0.25) is 5.89 Å². The first kappa shape index (κ1) is 14.4. The van der Waals surface area contributed by atoms with Gasteiger partial charge >= 0.3 is 0 Å². The summed E-state index contributed by atoms with van der Waals surface area (Å²) in [5.74, 6) is 2.10. The van der Waals surface area contributed by atoms with Crippen LogP contribution in [0.2, 0.25) is 0 Å². The molecule has 2 heterocycles. The molecule has 2 rings (SSSR count). The topological polar surface area (TPSA) is 68.2 Å². The zero-order chi connectivity index (χ0) is 11.5. The molecule has 1 aromatic heterocycles. The Labute approximate surface area is 108 Å². The van der Waals surface area contributed by atoms with Crippen molar-refractivity contribution in [2.45, 2.75) is 39.3 Å². The summed E-state index contributed by atoms with van der Waals surface area (Å²) in [4.78, 5) is 6.57. The summed E-state index contributed by atoms with van der Waals surface area (Å²) in [6, 6.07) is 0.313. The van der Waals surface area contributed by atoms with Gasteiger partial charge in [-0.3, -0.25) is 4.90 Å². The van der Waals surface area contributed by atoms with E-state index in [1.165, 1.54) is 12.8 Å². The predicted octanol–water partition coefficient (Wildman–Crippen LogP) is 1.36. The first-order valence-corrected chi connectivity index (χ1v) is 5.92. The Morgan fingerprint density at radius 3 is 2.59 bits per heavy atom. The van der Waals surface area contributed by atoms with Crippen LogP contribution in [0, 0.1) is 12.8 Å². The van der Waals surface area contributed by atoms with E-state index in [2.05, 4.69) is 22.0 Å². The minimum Gasteiger partial charge on any atom is -0.338 e. The highest BCUT2D eigenvalue weighted by atomic mass is 35.5. The molecule has 0 bridgehead atoms. The first-order chi connectivity index (χ1) is 7.65. The molecule has 1 unspecified atom stereocenters. The summed E-state index contributed by atoms with van der Waals surface area (Å²) in [5, 5.41) is 3.79. The Morgan fingerprint density at radius 2 is 2.12 bits per heavy atom. The molecular formula is C11H21ClN4O. The van der Waals surface area contributed by atoms with Crippen LogP contribution in [0.5, 0.6) is 0 Å². The summed E-state index contributed by atoms with van der Waals surface area (Å²) in [5.41, 5.74) is 5.91. The maximum Gasteiger partial charge on any atom is 0.240 e. The average Bonchev–Trinajstić information content (AvgIpc) is 2.65. The fourth-order valence-corrected chi connectivity index (χ4v) is 2.23. The smallest absolute Gasteiger partial charge is 0.240 e. The molecule has 0 aliphatic carbocycles. The van der Waals surface area contributed by atoms with E-state index in [-0.39, 0.29) is 12.4 Å². The quantitative estimate of drug-likeness (QED) is 0.889. The van der Waals surface area contributed by atoms with Gasteiger partial charge in [-0.05, 0) is 45.7 Å². The van der Waals surface area contributed by atoms with Crippen LogP contribution in [-0.4, -0.2) is 34.2 Å². The lowest BCUT2D eigenvalue weighted by Gasteiger charge is -2.32. The molecule has 0 spiro atoms. The molecule has 5 nitrogen and oxygen atoms in total. The second-order valence-corrected chi connectivity index (χ2v) is 4.71. The zero-order valence-electron chi connectivity index (χ0n) is 10.4. The van der Waals surface area contributed by atoms with E-state index in [0.29, 0.717) is 17.8 Å². The van der Waals surface area contributed by atoms with Gasteiger partial charge in [-0.25, -0.2) is 0 Å². The number of aryl methyl sites for hydroxylation is 1. The third-order valence-corrected chi connectivity index (χ3v) is 3.30. The second kappa shape index (κ2) is 6.33. The van der Waals surface area contributed by atoms with Crippen molar-refractivity contribution in [1.82, 2.24) is 15.0 Å². The van der Waals surface area contributed by atoms with Gasteiger partial charge < -0.3 is 10.3 Å². The Bertz CT molecular complexity index is 334. The van der Waals surface area contributed by atoms with Crippen LogP contribution >= 0.6 is 12.4 Å². The molecular weight excluding hydrogens is 240 g/mol. The predicted molar refractivity (Wildman–Crippen MR) is 67.9 cm³/mol. The van der Waals surface area contributed by atoms with Crippen LogP contribution in [0.15, 0.2) is 4.52 Å². The summed E-state index contributed by atoms with van der Waals surface area (Å²) >= 11 is 0. The number of rotatable bonds is 3. The van der Waals surface area contributed by atoms with E-state index >= 15 is 0 Å². The van der Waals surface area contributed by atoms with Crippen molar-refractivity contribution in [3.05, 3.63) is 11.7 Å². The van der Waals surface area contributed by atoms with Crippen molar-refractivity contribution in [2.75, 3.05) is 13.1 Å². The fourth-order valence-electron chi connectivity index (χ4n) is 2.23. The zero-order valence-corrected chi connectivity index (χ0v) is 11.2. The van der Waals surface area contributed by atoms with Crippen LogP contribution in [0.3, 0.4) is 0 Å². The molecule has 0 aromatic carbocycles. The van der Waals surface area contributed by atoms with Gasteiger partial charge in [0.05, 0.1) is 6.54 Å². The molecule has 0 radical (unpaired) electrons. The fraction of sp³-hybridized carbons (Fsp3) is 0.818.